The van der Waals surface area contributed by atoms with Gasteiger partial charge in [0.1, 0.15) is 5.69 Å². The van der Waals surface area contributed by atoms with Crippen molar-refractivity contribution in [3.63, 3.8) is 0 Å². The number of ether oxygens (including phenoxy) is 1. The van der Waals surface area contributed by atoms with Crippen LogP contribution in [0.4, 0.5) is 0 Å². The largest absolute Gasteiger partial charge is 0.385 e. The molecule has 130 valence electrons. The molecule has 0 radical (unpaired) electrons. The van der Waals surface area contributed by atoms with Gasteiger partial charge in [-0.3, -0.25) is 4.79 Å². The van der Waals surface area contributed by atoms with E-state index in [1.807, 2.05) is 11.6 Å². The Balaban J connectivity index is 1.86. The van der Waals surface area contributed by atoms with E-state index in [0.29, 0.717) is 6.04 Å². The molecule has 0 spiro atoms. The van der Waals surface area contributed by atoms with Crippen LogP contribution in [0.5, 0.6) is 0 Å². The molecular weight excluding hydrogens is 300 g/mol. The van der Waals surface area contributed by atoms with Crippen LogP contribution in [-0.2, 0) is 11.8 Å². The molecule has 1 unspecified atom stereocenters. The molecule has 2 aromatic rings. The van der Waals surface area contributed by atoms with E-state index in [-0.39, 0.29) is 5.91 Å². The number of benzene rings is 1. The number of hydrogen-bond acceptors (Lipinski definition) is 2. The van der Waals surface area contributed by atoms with Gasteiger partial charge in [-0.15, -0.1) is 0 Å². The van der Waals surface area contributed by atoms with Crippen molar-refractivity contribution in [2.45, 2.75) is 45.1 Å². The van der Waals surface area contributed by atoms with Gasteiger partial charge < -0.3 is 14.2 Å². The Labute approximate surface area is 144 Å². The van der Waals surface area contributed by atoms with Gasteiger partial charge in [0.15, 0.2) is 0 Å². The number of hydrogen-bond donors (Lipinski definition) is 0. The lowest BCUT2D eigenvalue weighted by atomic mass is 9.97. The number of rotatable bonds is 5. The molecule has 1 atom stereocenters. The third kappa shape index (κ3) is 3.20. The van der Waals surface area contributed by atoms with Crippen molar-refractivity contribution in [3.05, 3.63) is 35.5 Å². The lowest BCUT2D eigenvalue weighted by Gasteiger charge is -2.36. The molecule has 3 rings (SSSR count). The quantitative estimate of drug-likeness (QED) is 0.780. The van der Waals surface area contributed by atoms with Crippen LogP contribution in [-0.4, -0.2) is 41.7 Å². The topological polar surface area (TPSA) is 34.5 Å². The lowest BCUT2D eigenvalue weighted by Crippen LogP contribution is -2.44. The van der Waals surface area contributed by atoms with Crippen LogP contribution in [0.15, 0.2) is 24.3 Å². The van der Waals surface area contributed by atoms with Gasteiger partial charge in [-0.2, -0.15) is 0 Å². The molecular formula is C20H28N2O2. The van der Waals surface area contributed by atoms with Crippen LogP contribution in [0.3, 0.4) is 0 Å². The van der Waals surface area contributed by atoms with Gasteiger partial charge in [0.05, 0.1) is 0 Å². The summed E-state index contributed by atoms with van der Waals surface area (Å²) in [5.41, 5.74) is 3.15. The molecule has 1 aromatic carbocycles. The summed E-state index contributed by atoms with van der Waals surface area (Å²) >= 11 is 0. The second-order valence-electron chi connectivity index (χ2n) is 6.88. The van der Waals surface area contributed by atoms with E-state index in [2.05, 4.69) is 36.1 Å². The molecule has 1 aliphatic rings. The number of aromatic nitrogens is 1. The maximum atomic E-state index is 13.2. The fourth-order valence-corrected chi connectivity index (χ4v) is 3.89. The zero-order valence-electron chi connectivity index (χ0n) is 15.0. The highest BCUT2D eigenvalue weighted by Crippen LogP contribution is 2.27. The Morgan fingerprint density at radius 2 is 2.17 bits per heavy atom. The maximum Gasteiger partial charge on any atom is 0.270 e. The van der Waals surface area contributed by atoms with Crippen molar-refractivity contribution in [1.82, 2.24) is 9.47 Å². The summed E-state index contributed by atoms with van der Waals surface area (Å²) in [6.07, 6.45) is 5.48. The highest BCUT2D eigenvalue weighted by molar-refractivity contribution is 5.99. The first-order chi connectivity index (χ1) is 11.6. The maximum absolute atomic E-state index is 13.2. The van der Waals surface area contributed by atoms with Crippen LogP contribution < -0.4 is 0 Å². The van der Waals surface area contributed by atoms with Crippen molar-refractivity contribution in [2.75, 3.05) is 20.3 Å². The summed E-state index contributed by atoms with van der Waals surface area (Å²) in [5.74, 6) is 0.176. The fraction of sp³-hybridized carbons (Fsp3) is 0.550. The fourth-order valence-electron chi connectivity index (χ4n) is 3.89. The molecule has 1 aromatic heterocycles. The number of amides is 1. The Bertz CT molecular complexity index is 720. The molecule has 0 saturated carbocycles. The summed E-state index contributed by atoms with van der Waals surface area (Å²) in [5, 5.41) is 1.18. The SMILES string of the molecule is COCCCC1CCCCN1C(=O)c1cc2c(C)cccc2n1C. The summed E-state index contributed by atoms with van der Waals surface area (Å²) in [7, 11) is 3.74. The average Bonchev–Trinajstić information content (AvgIpc) is 2.93. The molecule has 0 N–H and O–H groups in total. The van der Waals surface area contributed by atoms with Crippen LogP contribution in [0.2, 0.25) is 0 Å². The van der Waals surface area contributed by atoms with E-state index in [0.717, 1.165) is 50.0 Å². The standard InChI is InChI=1S/C20H28N2O2/c1-15-8-6-11-18-17(15)14-19(21(18)2)20(23)22-12-5-4-9-16(22)10-7-13-24-3/h6,8,11,14,16H,4-5,7,9-10,12-13H2,1-3H3. The predicted octanol–water partition coefficient (Wildman–Crippen LogP) is 3.91. The number of likely N-dealkylation sites (tertiary alicyclic amines) is 1. The van der Waals surface area contributed by atoms with E-state index in [1.54, 1.807) is 7.11 Å². The molecule has 0 aliphatic carbocycles. The summed E-state index contributed by atoms with van der Waals surface area (Å²) in [6.45, 7) is 3.74. The highest BCUT2D eigenvalue weighted by Gasteiger charge is 2.29. The highest BCUT2D eigenvalue weighted by atomic mass is 16.5. The van der Waals surface area contributed by atoms with Crippen molar-refractivity contribution < 1.29 is 9.53 Å². The number of nitrogens with zero attached hydrogens (tertiary/aromatic N) is 2. The van der Waals surface area contributed by atoms with Crippen molar-refractivity contribution in [3.8, 4) is 0 Å². The van der Waals surface area contributed by atoms with Crippen LogP contribution in [0, 0.1) is 6.92 Å². The average molecular weight is 328 g/mol. The molecule has 1 amide bonds. The predicted molar refractivity (Wildman–Crippen MR) is 97.4 cm³/mol. The number of carbonyl (C=O) groups is 1. The van der Waals surface area contributed by atoms with Gasteiger partial charge in [-0.1, -0.05) is 12.1 Å². The second kappa shape index (κ2) is 7.39. The summed E-state index contributed by atoms with van der Waals surface area (Å²) < 4.78 is 7.22. The third-order valence-electron chi connectivity index (χ3n) is 5.30. The normalized spacial score (nSPS) is 18.3. The van der Waals surface area contributed by atoms with Gasteiger partial charge in [-0.05, 0) is 56.7 Å². The first-order valence-electron chi connectivity index (χ1n) is 8.98. The Hall–Kier alpha value is -1.81. The van der Waals surface area contributed by atoms with Crippen LogP contribution >= 0.6 is 0 Å². The van der Waals surface area contributed by atoms with Gasteiger partial charge in [-0.25, -0.2) is 0 Å². The minimum atomic E-state index is 0.176. The van der Waals surface area contributed by atoms with E-state index < -0.39 is 0 Å². The monoisotopic (exact) mass is 328 g/mol. The van der Waals surface area contributed by atoms with Crippen molar-refractivity contribution in [1.29, 1.82) is 0 Å². The molecule has 24 heavy (non-hydrogen) atoms. The molecule has 4 nitrogen and oxygen atoms in total. The Morgan fingerprint density at radius 3 is 2.92 bits per heavy atom. The van der Waals surface area contributed by atoms with E-state index >= 15 is 0 Å². The summed E-state index contributed by atoms with van der Waals surface area (Å²) in [6, 6.07) is 8.66. The molecule has 0 bridgehead atoms. The number of carbonyl (C=O) groups excluding carboxylic acids is 1. The number of fused-ring (bicyclic) bond motifs is 1. The van der Waals surface area contributed by atoms with Gasteiger partial charge in [0, 0.05) is 44.3 Å². The van der Waals surface area contributed by atoms with Crippen LogP contribution in [0.25, 0.3) is 10.9 Å². The van der Waals surface area contributed by atoms with Crippen molar-refractivity contribution >= 4 is 16.8 Å². The first-order valence-corrected chi connectivity index (χ1v) is 8.98. The summed E-state index contributed by atoms with van der Waals surface area (Å²) in [4.78, 5) is 15.3. The molecule has 1 fully saturated rings. The number of methoxy groups -OCH3 is 1. The zero-order valence-corrected chi connectivity index (χ0v) is 15.0. The minimum Gasteiger partial charge on any atom is -0.385 e. The second-order valence-corrected chi connectivity index (χ2v) is 6.88. The lowest BCUT2D eigenvalue weighted by molar-refractivity contribution is 0.0576. The van der Waals surface area contributed by atoms with E-state index in [9.17, 15) is 4.79 Å². The minimum absolute atomic E-state index is 0.176. The smallest absolute Gasteiger partial charge is 0.270 e. The van der Waals surface area contributed by atoms with Gasteiger partial charge in [0.25, 0.3) is 5.91 Å². The van der Waals surface area contributed by atoms with Gasteiger partial charge in [0.2, 0.25) is 0 Å². The van der Waals surface area contributed by atoms with Crippen molar-refractivity contribution in [2.24, 2.45) is 7.05 Å². The molecule has 1 aliphatic heterocycles. The van der Waals surface area contributed by atoms with E-state index in [1.165, 1.54) is 17.4 Å². The Morgan fingerprint density at radius 1 is 1.33 bits per heavy atom. The number of aryl methyl sites for hydroxylation is 2. The number of piperidine rings is 1. The Kier molecular flexibility index (Phi) is 5.24. The molecule has 4 heteroatoms. The van der Waals surface area contributed by atoms with Crippen LogP contribution in [0.1, 0.15) is 48.2 Å². The molecule has 1 saturated heterocycles. The van der Waals surface area contributed by atoms with E-state index in [4.69, 9.17) is 4.74 Å². The first kappa shape index (κ1) is 17.0. The van der Waals surface area contributed by atoms with Gasteiger partial charge >= 0.3 is 0 Å². The zero-order chi connectivity index (χ0) is 17.1. The third-order valence-corrected chi connectivity index (χ3v) is 5.30. The molecule has 2 heterocycles.